The van der Waals surface area contributed by atoms with Crippen molar-refractivity contribution in [1.29, 1.82) is 0 Å². The van der Waals surface area contributed by atoms with Crippen LogP contribution in [0.1, 0.15) is 16.1 Å². The van der Waals surface area contributed by atoms with Gasteiger partial charge in [0, 0.05) is 44.3 Å². The third kappa shape index (κ3) is 3.44. The van der Waals surface area contributed by atoms with E-state index in [0.717, 1.165) is 12.1 Å². The fraction of sp³-hybridized carbons (Fsp3) is 0.278. The number of imidazole rings is 1. The molecule has 2 aromatic heterocycles. The highest BCUT2D eigenvalue weighted by molar-refractivity contribution is 5.92. The third-order valence-corrected chi connectivity index (χ3v) is 4.58. The lowest BCUT2D eigenvalue weighted by atomic mass is 10.1. The molecule has 1 aliphatic rings. The fourth-order valence-electron chi connectivity index (χ4n) is 3.14. The number of anilines is 1. The first-order chi connectivity index (χ1) is 12.9. The summed E-state index contributed by atoms with van der Waals surface area (Å²) in [4.78, 5) is 20.3. The van der Waals surface area contributed by atoms with Crippen LogP contribution in [0.15, 0.2) is 48.8 Å². The van der Waals surface area contributed by atoms with Crippen molar-refractivity contribution in [2.75, 3.05) is 31.1 Å². The number of rotatable bonds is 2. The summed E-state index contributed by atoms with van der Waals surface area (Å²) in [6.07, 6.45) is -1.10. The van der Waals surface area contributed by atoms with Crippen molar-refractivity contribution in [2.24, 2.45) is 0 Å². The average molecular weight is 375 g/mol. The number of carbonyl (C=O) groups excluding carboxylic acids is 1. The molecule has 0 unspecified atom stereocenters. The van der Waals surface area contributed by atoms with Gasteiger partial charge < -0.3 is 9.80 Å². The van der Waals surface area contributed by atoms with Gasteiger partial charge in [-0.25, -0.2) is 9.50 Å². The van der Waals surface area contributed by atoms with E-state index in [-0.39, 0.29) is 5.91 Å². The second kappa shape index (κ2) is 6.57. The molecular formula is C18H16F3N5O. The van der Waals surface area contributed by atoms with Crippen LogP contribution in [0.5, 0.6) is 0 Å². The highest BCUT2D eigenvalue weighted by atomic mass is 19.4. The van der Waals surface area contributed by atoms with Crippen LogP contribution in [-0.2, 0) is 6.18 Å². The van der Waals surface area contributed by atoms with E-state index in [0.29, 0.717) is 43.2 Å². The molecule has 0 N–H and O–H groups in total. The minimum absolute atomic E-state index is 0.200. The highest BCUT2D eigenvalue weighted by Crippen LogP contribution is 2.31. The first-order valence-electron chi connectivity index (χ1n) is 8.44. The van der Waals surface area contributed by atoms with Crippen LogP contribution >= 0.6 is 0 Å². The molecule has 1 amide bonds. The largest absolute Gasteiger partial charge is 0.416 e. The lowest BCUT2D eigenvalue weighted by Gasteiger charge is -2.36. The molecule has 4 rings (SSSR count). The number of aromatic nitrogens is 3. The molecule has 9 heteroatoms. The smallest absolute Gasteiger partial charge is 0.368 e. The number of benzene rings is 1. The molecule has 0 atom stereocenters. The van der Waals surface area contributed by atoms with Gasteiger partial charge >= 0.3 is 6.18 Å². The van der Waals surface area contributed by atoms with E-state index in [1.165, 1.54) is 10.6 Å². The minimum atomic E-state index is -4.37. The first-order valence-corrected chi connectivity index (χ1v) is 8.44. The Hall–Kier alpha value is -3.10. The van der Waals surface area contributed by atoms with Gasteiger partial charge in [-0.05, 0) is 30.3 Å². The predicted molar refractivity (Wildman–Crippen MR) is 92.5 cm³/mol. The molecule has 1 aromatic carbocycles. The van der Waals surface area contributed by atoms with Crippen LogP contribution in [0.3, 0.4) is 0 Å². The Morgan fingerprint density at radius 1 is 1.04 bits per heavy atom. The van der Waals surface area contributed by atoms with E-state index in [1.54, 1.807) is 35.5 Å². The summed E-state index contributed by atoms with van der Waals surface area (Å²) >= 11 is 0. The van der Waals surface area contributed by atoms with Crippen LogP contribution < -0.4 is 4.90 Å². The van der Waals surface area contributed by atoms with Gasteiger partial charge in [0.05, 0.1) is 5.56 Å². The predicted octanol–water partition coefficient (Wildman–Crippen LogP) is 2.71. The number of halogens is 3. The van der Waals surface area contributed by atoms with Crippen molar-refractivity contribution in [1.82, 2.24) is 19.5 Å². The van der Waals surface area contributed by atoms with Crippen LogP contribution in [-0.4, -0.2) is 51.6 Å². The van der Waals surface area contributed by atoms with E-state index in [2.05, 4.69) is 10.1 Å². The van der Waals surface area contributed by atoms with Gasteiger partial charge in [-0.1, -0.05) is 6.07 Å². The Labute approximate surface area is 152 Å². The Morgan fingerprint density at radius 3 is 2.56 bits per heavy atom. The van der Waals surface area contributed by atoms with E-state index in [9.17, 15) is 18.0 Å². The number of nitrogens with zero attached hydrogens (tertiary/aromatic N) is 5. The summed E-state index contributed by atoms with van der Waals surface area (Å²) < 4.78 is 40.2. The third-order valence-electron chi connectivity index (χ3n) is 4.58. The molecule has 3 aromatic rings. The highest BCUT2D eigenvalue weighted by Gasteiger charge is 2.31. The number of hydrogen-bond donors (Lipinski definition) is 0. The second-order valence-corrected chi connectivity index (χ2v) is 6.28. The number of amides is 1. The molecule has 0 aliphatic carbocycles. The van der Waals surface area contributed by atoms with Gasteiger partial charge in [-0.2, -0.15) is 18.3 Å². The Balaban J connectivity index is 1.45. The summed E-state index contributed by atoms with van der Waals surface area (Å²) in [6, 6.07) is 8.61. The lowest BCUT2D eigenvalue weighted by Crippen LogP contribution is -2.49. The van der Waals surface area contributed by atoms with Crippen molar-refractivity contribution in [2.45, 2.75) is 6.18 Å². The zero-order valence-electron chi connectivity index (χ0n) is 14.2. The normalized spacial score (nSPS) is 15.4. The Kier molecular flexibility index (Phi) is 4.21. The second-order valence-electron chi connectivity index (χ2n) is 6.28. The van der Waals surface area contributed by atoms with Gasteiger partial charge in [0.15, 0.2) is 5.65 Å². The maximum Gasteiger partial charge on any atom is 0.416 e. The number of alkyl halides is 3. The molecule has 1 aliphatic heterocycles. The zero-order valence-corrected chi connectivity index (χ0v) is 14.2. The fourth-order valence-corrected chi connectivity index (χ4v) is 3.14. The van der Waals surface area contributed by atoms with Crippen LogP contribution in [0.2, 0.25) is 0 Å². The van der Waals surface area contributed by atoms with Crippen molar-refractivity contribution < 1.29 is 18.0 Å². The zero-order chi connectivity index (χ0) is 19.0. The minimum Gasteiger partial charge on any atom is -0.368 e. The molecule has 1 fully saturated rings. The molecule has 0 saturated carbocycles. The van der Waals surface area contributed by atoms with Gasteiger partial charge in [0.2, 0.25) is 0 Å². The molecular weight excluding hydrogens is 359 g/mol. The Bertz CT molecular complexity index is 976. The van der Waals surface area contributed by atoms with Gasteiger partial charge in [-0.15, -0.1) is 0 Å². The maximum absolute atomic E-state index is 12.9. The standard InChI is InChI=1S/C18H16F3N5O/c19-18(20,21)13-2-1-3-14(12-13)24-8-10-25(11-9-24)17(27)15-4-5-16-22-6-7-26(16)23-15/h1-7,12H,8-11H2. The first kappa shape index (κ1) is 17.3. The number of fused-ring (bicyclic) bond motifs is 1. The van der Waals surface area contributed by atoms with E-state index in [4.69, 9.17) is 0 Å². The monoisotopic (exact) mass is 375 g/mol. The van der Waals surface area contributed by atoms with Gasteiger partial charge in [0.1, 0.15) is 5.69 Å². The lowest BCUT2D eigenvalue weighted by molar-refractivity contribution is -0.137. The van der Waals surface area contributed by atoms with Crippen LogP contribution in [0.25, 0.3) is 5.65 Å². The van der Waals surface area contributed by atoms with E-state index in [1.807, 2.05) is 4.90 Å². The molecule has 1 saturated heterocycles. The molecule has 0 radical (unpaired) electrons. The van der Waals surface area contributed by atoms with Crippen molar-refractivity contribution >= 4 is 17.2 Å². The van der Waals surface area contributed by atoms with Crippen molar-refractivity contribution in [3.05, 3.63) is 60.0 Å². The Morgan fingerprint density at radius 2 is 1.81 bits per heavy atom. The van der Waals surface area contributed by atoms with Gasteiger partial charge in [-0.3, -0.25) is 4.79 Å². The van der Waals surface area contributed by atoms with Crippen LogP contribution in [0.4, 0.5) is 18.9 Å². The molecule has 27 heavy (non-hydrogen) atoms. The quantitative estimate of drug-likeness (QED) is 0.691. The summed E-state index contributed by atoms with van der Waals surface area (Å²) in [5.74, 6) is -0.200. The molecule has 3 heterocycles. The molecule has 6 nitrogen and oxygen atoms in total. The van der Waals surface area contributed by atoms with Gasteiger partial charge in [0.25, 0.3) is 5.91 Å². The summed E-state index contributed by atoms with van der Waals surface area (Å²) in [7, 11) is 0. The molecule has 0 spiro atoms. The molecule has 140 valence electrons. The van der Waals surface area contributed by atoms with E-state index >= 15 is 0 Å². The summed E-state index contributed by atoms with van der Waals surface area (Å²) in [5, 5.41) is 4.25. The van der Waals surface area contributed by atoms with Crippen LogP contribution in [0, 0.1) is 0 Å². The summed E-state index contributed by atoms with van der Waals surface area (Å²) in [5.41, 5.74) is 0.806. The maximum atomic E-state index is 12.9. The topological polar surface area (TPSA) is 53.7 Å². The summed E-state index contributed by atoms with van der Waals surface area (Å²) in [6.45, 7) is 1.75. The number of carbonyl (C=O) groups is 1. The molecule has 0 bridgehead atoms. The van der Waals surface area contributed by atoms with E-state index < -0.39 is 11.7 Å². The van der Waals surface area contributed by atoms with Crippen molar-refractivity contribution in [3.8, 4) is 0 Å². The van der Waals surface area contributed by atoms with Crippen molar-refractivity contribution in [3.63, 3.8) is 0 Å². The SMILES string of the molecule is O=C(c1ccc2nccn2n1)N1CCN(c2cccc(C(F)(F)F)c2)CC1. The number of piperazine rings is 1. The number of hydrogen-bond acceptors (Lipinski definition) is 4. The average Bonchev–Trinajstić information content (AvgIpc) is 3.15.